The van der Waals surface area contributed by atoms with Gasteiger partial charge in [-0.2, -0.15) is 0 Å². The molecule has 0 amide bonds. The number of allylic oxidation sites excluding steroid dienone is 1. The van der Waals surface area contributed by atoms with Crippen molar-refractivity contribution in [3.05, 3.63) is 47.9 Å². The first-order valence-electron chi connectivity index (χ1n) is 8.96. The van der Waals surface area contributed by atoms with Crippen LogP contribution in [0.1, 0.15) is 42.5 Å². The highest BCUT2D eigenvalue weighted by atomic mass is 16.7. The summed E-state index contributed by atoms with van der Waals surface area (Å²) in [5, 5.41) is 19.2. The smallest absolute Gasteiger partial charge is 0.370 e. The molecule has 0 saturated heterocycles. The zero-order valence-corrected chi connectivity index (χ0v) is 15.1. The molecule has 2 heterocycles. The summed E-state index contributed by atoms with van der Waals surface area (Å²) in [6, 6.07) is 7.54. The summed E-state index contributed by atoms with van der Waals surface area (Å²) in [6.07, 6.45) is 4.37. The molecule has 0 bridgehead atoms. The average Bonchev–Trinajstić information content (AvgIpc) is 3.05. The van der Waals surface area contributed by atoms with Gasteiger partial charge in [0, 0.05) is 37.5 Å². The second kappa shape index (κ2) is 8.37. The molecule has 2 N–H and O–H groups in total. The van der Waals surface area contributed by atoms with E-state index in [1.807, 2.05) is 24.3 Å². The fourth-order valence-electron chi connectivity index (χ4n) is 3.32. The molecule has 1 aliphatic heterocycles. The van der Waals surface area contributed by atoms with Gasteiger partial charge in [0.2, 0.25) is 18.0 Å². The number of nitrogens with zero attached hydrogens (tertiary/aromatic N) is 1. The SMILES string of the molecule is CC(=O)n1cc([C@H]2C=C(C(=O)O)O[C@@H](OCCCCO)C2)c2ccccc21. The van der Waals surface area contributed by atoms with Gasteiger partial charge >= 0.3 is 5.97 Å². The first kappa shape index (κ1) is 19.1. The van der Waals surface area contributed by atoms with Gasteiger partial charge in [-0.3, -0.25) is 9.36 Å². The van der Waals surface area contributed by atoms with Crippen molar-refractivity contribution in [1.29, 1.82) is 0 Å². The lowest BCUT2D eigenvalue weighted by Crippen LogP contribution is -2.27. The number of carboxylic acids is 1. The van der Waals surface area contributed by atoms with Crippen LogP contribution in [0.4, 0.5) is 0 Å². The Labute approximate surface area is 156 Å². The molecule has 0 saturated carbocycles. The first-order valence-corrected chi connectivity index (χ1v) is 8.96. The minimum Gasteiger partial charge on any atom is -0.475 e. The summed E-state index contributed by atoms with van der Waals surface area (Å²) in [5.41, 5.74) is 1.66. The maximum absolute atomic E-state index is 12.0. The fraction of sp³-hybridized carbons (Fsp3) is 0.400. The van der Waals surface area contributed by atoms with Gasteiger partial charge in [-0.25, -0.2) is 4.79 Å². The predicted molar refractivity (Wildman–Crippen MR) is 98.5 cm³/mol. The summed E-state index contributed by atoms with van der Waals surface area (Å²) < 4.78 is 12.7. The zero-order chi connectivity index (χ0) is 19.4. The van der Waals surface area contributed by atoms with E-state index in [1.165, 1.54) is 6.92 Å². The monoisotopic (exact) mass is 373 g/mol. The summed E-state index contributed by atoms with van der Waals surface area (Å²) in [7, 11) is 0. The molecule has 144 valence electrons. The molecule has 27 heavy (non-hydrogen) atoms. The van der Waals surface area contributed by atoms with Crippen molar-refractivity contribution in [2.75, 3.05) is 13.2 Å². The van der Waals surface area contributed by atoms with Crippen LogP contribution < -0.4 is 0 Å². The number of carbonyl (C=O) groups excluding carboxylic acids is 1. The van der Waals surface area contributed by atoms with E-state index in [4.69, 9.17) is 14.6 Å². The number of ether oxygens (including phenoxy) is 2. The summed E-state index contributed by atoms with van der Waals surface area (Å²) in [4.78, 5) is 23.5. The van der Waals surface area contributed by atoms with E-state index in [9.17, 15) is 14.7 Å². The molecule has 2 atom stereocenters. The van der Waals surface area contributed by atoms with E-state index in [0.29, 0.717) is 25.9 Å². The second-order valence-corrected chi connectivity index (χ2v) is 6.52. The molecule has 0 fully saturated rings. The number of aliphatic hydroxyl groups excluding tert-OH is 1. The first-order chi connectivity index (χ1) is 13.0. The Morgan fingerprint density at radius 3 is 2.78 bits per heavy atom. The van der Waals surface area contributed by atoms with E-state index < -0.39 is 12.3 Å². The number of para-hydroxylation sites is 1. The fourth-order valence-corrected chi connectivity index (χ4v) is 3.32. The van der Waals surface area contributed by atoms with Gasteiger partial charge in [-0.1, -0.05) is 18.2 Å². The number of benzene rings is 1. The van der Waals surface area contributed by atoms with Crippen molar-refractivity contribution in [1.82, 2.24) is 4.57 Å². The van der Waals surface area contributed by atoms with Gasteiger partial charge in [0.15, 0.2) is 0 Å². The molecular formula is C20H23NO6. The molecule has 0 spiro atoms. The number of carboxylic acid groups (broad SMARTS) is 1. The Kier molecular flexibility index (Phi) is 5.93. The number of aromatic nitrogens is 1. The van der Waals surface area contributed by atoms with E-state index in [2.05, 4.69) is 0 Å². The maximum atomic E-state index is 12.0. The van der Waals surface area contributed by atoms with Crippen molar-refractivity contribution in [2.24, 2.45) is 0 Å². The number of unbranched alkanes of at least 4 members (excludes halogenated alkanes) is 1. The van der Waals surface area contributed by atoms with E-state index in [1.54, 1.807) is 16.8 Å². The number of rotatable bonds is 7. The Morgan fingerprint density at radius 1 is 1.30 bits per heavy atom. The van der Waals surface area contributed by atoms with E-state index in [-0.39, 0.29) is 24.2 Å². The normalized spacial score (nSPS) is 19.6. The topological polar surface area (TPSA) is 98.0 Å². The lowest BCUT2D eigenvalue weighted by Gasteiger charge is -2.28. The Hall–Kier alpha value is -2.64. The van der Waals surface area contributed by atoms with Crippen LogP contribution in [-0.2, 0) is 14.3 Å². The summed E-state index contributed by atoms with van der Waals surface area (Å²) in [5.74, 6) is -1.67. The van der Waals surface area contributed by atoms with Gasteiger partial charge in [0.1, 0.15) is 0 Å². The maximum Gasteiger partial charge on any atom is 0.370 e. The van der Waals surface area contributed by atoms with Gasteiger partial charge in [-0.15, -0.1) is 0 Å². The third-order valence-corrected chi connectivity index (χ3v) is 4.61. The molecule has 1 aliphatic rings. The molecular weight excluding hydrogens is 350 g/mol. The average molecular weight is 373 g/mol. The largest absolute Gasteiger partial charge is 0.475 e. The summed E-state index contributed by atoms with van der Waals surface area (Å²) in [6.45, 7) is 1.95. The molecule has 2 aromatic rings. The molecule has 7 nitrogen and oxygen atoms in total. The Bertz CT molecular complexity index is 868. The Morgan fingerprint density at radius 2 is 2.07 bits per heavy atom. The number of carbonyl (C=O) groups is 2. The highest BCUT2D eigenvalue weighted by Crippen LogP contribution is 2.36. The lowest BCUT2D eigenvalue weighted by molar-refractivity contribution is -0.157. The van der Waals surface area contributed by atoms with Crippen LogP contribution in [0.2, 0.25) is 0 Å². The number of aliphatic hydroxyl groups is 1. The van der Waals surface area contributed by atoms with Crippen LogP contribution in [-0.4, -0.2) is 46.2 Å². The quantitative estimate of drug-likeness (QED) is 0.724. The van der Waals surface area contributed by atoms with Gasteiger partial charge < -0.3 is 19.7 Å². The lowest BCUT2D eigenvalue weighted by atomic mass is 9.92. The third-order valence-electron chi connectivity index (χ3n) is 4.61. The van der Waals surface area contributed by atoms with Crippen molar-refractivity contribution < 1.29 is 29.3 Å². The standard InChI is InChI=1S/C20H23NO6/c1-13(23)21-12-16(15-6-2-3-7-17(15)21)14-10-18(20(24)25)27-19(11-14)26-9-5-4-8-22/h2-3,6-7,10,12,14,19,22H,4-5,8-9,11H2,1H3,(H,24,25)/t14-,19+/m0/s1. The highest BCUT2D eigenvalue weighted by molar-refractivity contribution is 5.94. The minimum absolute atomic E-state index is 0.0857. The molecule has 0 radical (unpaired) electrons. The molecule has 1 aromatic carbocycles. The molecule has 0 unspecified atom stereocenters. The number of aliphatic carboxylic acids is 1. The van der Waals surface area contributed by atoms with E-state index in [0.717, 1.165) is 16.5 Å². The Balaban J connectivity index is 1.92. The van der Waals surface area contributed by atoms with Gasteiger partial charge in [0.25, 0.3) is 0 Å². The van der Waals surface area contributed by atoms with Crippen molar-refractivity contribution in [2.45, 2.75) is 38.4 Å². The molecule has 1 aromatic heterocycles. The van der Waals surface area contributed by atoms with Crippen LogP contribution in [0.15, 0.2) is 42.3 Å². The van der Waals surface area contributed by atoms with Crippen LogP contribution >= 0.6 is 0 Å². The number of hydrogen-bond donors (Lipinski definition) is 2. The summed E-state index contributed by atoms with van der Waals surface area (Å²) >= 11 is 0. The molecule has 7 heteroatoms. The van der Waals surface area contributed by atoms with Gasteiger partial charge in [0.05, 0.1) is 12.1 Å². The zero-order valence-electron chi connectivity index (χ0n) is 15.1. The van der Waals surface area contributed by atoms with Crippen molar-refractivity contribution >= 4 is 22.8 Å². The second-order valence-electron chi connectivity index (χ2n) is 6.52. The van der Waals surface area contributed by atoms with E-state index >= 15 is 0 Å². The third kappa shape index (κ3) is 4.20. The van der Waals surface area contributed by atoms with Crippen LogP contribution in [0.3, 0.4) is 0 Å². The van der Waals surface area contributed by atoms with Crippen molar-refractivity contribution in [3.63, 3.8) is 0 Å². The number of hydrogen-bond acceptors (Lipinski definition) is 5. The van der Waals surface area contributed by atoms with Crippen LogP contribution in [0, 0.1) is 0 Å². The van der Waals surface area contributed by atoms with Crippen molar-refractivity contribution in [3.8, 4) is 0 Å². The molecule has 3 rings (SSSR count). The highest BCUT2D eigenvalue weighted by Gasteiger charge is 2.30. The van der Waals surface area contributed by atoms with Crippen LogP contribution in [0.25, 0.3) is 10.9 Å². The van der Waals surface area contributed by atoms with Crippen LogP contribution in [0.5, 0.6) is 0 Å². The molecule has 0 aliphatic carbocycles. The number of fused-ring (bicyclic) bond motifs is 1. The minimum atomic E-state index is -1.15. The van der Waals surface area contributed by atoms with Gasteiger partial charge in [-0.05, 0) is 30.5 Å². The predicted octanol–water partition coefficient (Wildman–Crippen LogP) is 2.89.